The van der Waals surface area contributed by atoms with Gasteiger partial charge in [-0.2, -0.15) is 4.72 Å². The number of esters is 1. The number of benzene rings is 2. The Morgan fingerprint density at radius 2 is 1.43 bits per heavy atom. The molecule has 2 aromatic rings. The van der Waals surface area contributed by atoms with E-state index in [-0.39, 0.29) is 10.5 Å². The Morgan fingerprint density at radius 3 is 1.89 bits per heavy atom. The van der Waals surface area contributed by atoms with Gasteiger partial charge in [0.25, 0.3) is 0 Å². The maximum Gasteiger partial charge on any atom is 0.335 e. The van der Waals surface area contributed by atoms with E-state index in [1.54, 1.807) is 45.0 Å². The normalized spacial score (nSPS) is 13.0. The monoisotopic (exact) mass is 401 g/mol. The Hall–Kier alpha value is -2.44. The van der Waals surface area contributed by atoms with Crippen LogP contribution in [-0.2, 0) is 19.6 Å². The number of ether oxygens (including phenoxy) is 1. The van der Waals surface area contributed by atoms with Crippen LogP contribution in [0.15, 0.2) is 65.6 Å². The molecule has 1 N–H and O–H groups in total. The first kappa shape index (κ1) is 21.9. The fourth-order valence-electron chi connectivity index (χ4n) is 2.50. The van der Waals surface area contributed by atoms with Crippen LogP contribution in [0.3, 0.4) is 0 Å². The van der Waals surface area contributed by atoms with Crippen molar-refractivity contribution < 1.29 is 17.9 Å². The summed E-state index contributed by atoms with van der Waals surface area (Å²) >= 11 is 0. The lowest BCUT2D eigenvalue weighted by atomic mass is 9.99. The minimum absolute atomic E-state index is 0.0227. The first-order chi connectivity index (χ1) is 12.9. The Balaban J connectivity index is 2.40. The third-order valence-electron chi connectivity index (χ3n) is 4.02. The lowest BCUT2D eigenvalue weighted by Gasteiger charge is -2.25. The Labute approximate surface area is 167 Å². The molecule has 150 valence electrons. The van der Waals surface area contributed by atoms with E-state index in [2.05, 4.69) is 11.3 Å². The molecule has 0 aromatic heterocycles. The predicted molar refractivity (Wildman–Crippen MR) is 110 cm³/mol. The van der Waals surface area contributed by atoms with E-state index in [1.165, 1.54) is 12.1 Å². The topological polar surface area (TPSA) is 72.5 Å². The lowest BCUT2D eigenvalue weighted by Crippen LogP contribution is -2.34. The smallest absolute Gasteiger partial charge is 0.335 e. The second kappa shape index (κ2) is 8.29. The van der Waals surface area contributed by atoms with Crippen LogP contribution in [0.5, 0.6) is 0 Å². The van der Waals surface area contributed by atoms with Crippen LogP contribution in [0.4, 0.5) is 0 Å². The zero-order chi connectivity index (χ0) is 21.1. The maximum absolute atomic E-state index is 12.9. The van der Waals surface area contributed by atoms with E-state index in [0.29, 0.717) is 5.56 Å². The van der Waals surface area contributed by atoms with Crippen LogP contribution in [0.2, 0.25) is 0 Å². The number of sulfonamides is 1. The molecule has 28 heavy (non-hydrogen) atoms. The number of nitrogens with one attached hydrogen (secondary N) is 1. The summed E-state index contributed by atoms with van der Waals surface area (Å²) in [6, 6.07) is 12.8. The predicted octanol–water partition coefficient (Wildman–Crippen LogP) is 4.22. The van der Waals surface area contributed by atoms with Gasteiger partial charge in [-0.25, -0.2) is 13.2 Å². The highest BCUT2D eigenvalue weighted by Crippen LogP contribution is 2.26. The van der Waals surface area contributed by atoms with Crippen molar-refractivity contribution in [3.63, 3.8) is 0 Å². The Morgan fingerprint density at radius 1 is 0.964 bits per heavy atom. The molecule has 0 saturated carbocycles. The van der Waals surface area contributed by atoms with Gasteiger partial charge >= 0.3 is 5.97 Å². The largest absolute Gasteiger partial charge is 0.457 e. The molecule has 0 unspecified atom stereocenters. The summed E-state index contributed by atoms with van der Waals surface area (Å²) in [5.74, 6) is -0.648. The van der Waals surface area contributed by atoms with Crippen molar-refractivity contribution in [2.24, 2.45) is 0 Å². The molecule has 0 aliphatic rings. The first-order valence-electron chi connectivity index (χ1n) is 8.97. The summed E-state index contributed by atoms with van der Waals surface area (Å²) < 4.78 is 33.8. The second-order valence-electron chi connectivity index (χ2n) is 7.81. The van der Waals surface area contributed by atoms with Crippen molar-refractivity contribution in [2.45, 2.75) is 51.2 Å². The van der Waals surface area contributed by atoms with Crippen LogP contribution in [0.1, 0.15) is 43.5 Å². The average Bonchev–Trinajstić information content (AvgIpc) is 2.59. The molecule has 0 fully saturated rings. The molecular weight excluding hydrogens is 374 g/mol. The molecule has 2 rings (SSSR count). The molecule has 0 amide bonds. The quantitative estimate of drug-likeness (QED) is 0.581. The highest BCUT2D eigenvalue weighted by Gasteiger charge is 2.29. The summed E-state index contributed by atoms with van der Waals surface area (Å²) in [5, 5.41) is 0. The fourth-order valence-corrected chi connectivity index (χ4v) is 3.72. The molecular formula is C22H27NO4S. The van der Waals surface area contributed by atoms with Gasteiger partial charge in [-0.05, 0) is 52.3 Å². The summed E-state index contributed by atoms with van der Waals surface area (Å²) in [4.78, 5) is 12.7. The molecule has 0 bridgehead atoms. The van der Waals surface area contributed by atoms with Gasteiger partial charge in [0.2, 0.25) is 10.0 Å². The molecule has 0 aliphatic heterocycles. The van der Waals surface area contributed by atoms with E-state index in [4.69, 9.17) is 4.74 Å². The number of rotatable bonds is 6. The average molecular weight is 402 g/mol. The van der Waals surface area contributed by atoms with Crippen LogP contribution < -0.4 is 4.72 Å². The fraction of sp³-hybridized carbons (Fsp3) is 0.318. The molecule has 5 nitrogen and oxygen atoms in total. The Kier molecular flexibility index (Phi) is 6.47. The second-order valence-corrected chi connectivity index (χ2v) is 9.52. The molecule has 0 spiro atoms. The molecule has 0 radical (unpaired) electrons. The van der Waals surface area contributed by atoms with Crippen molar-refractivity contribution in [1.29, 1.82) is 0 Å². The number of aryl methyl sites for hydroxylation is 2. The molecule has 0 aliphatic carbocycles. The van der Waals surface area contributed by atoms with Gasteiger partial charge in [-0.1, -0.05) is 54.1 Å². The van der Waals surface area contributed by atoms with Gasteiger partial charge in [-0.3, -0.25) is 0 Å². The molecule has 2 aromatic carbocycles. The summed E-state index contributed by atoms with van der Waals surface area (Å²) in [7, 11) is -3.88. The number of hydrogen-bond donors (Lipinski definition) is 1. The number of carbonyl (C=O) groups excluding carboxylic acids is 1. The summed E-state index contributed by atoms with van der Waals surface area (Å²) in [5.41, 5.74) is 1.89. The van der Waals surface area contributed by atoms with Crippen LogP contribution in [-0.4, -0.2) is 20.0 Å². The molecule has 0 saturated heterocycles. The van der Waals surface area contributed by atoms with Crippen LogP contribution in [0, 0.1) is 13.8 Å². The van der Waals surface area contributed by atoms with E-state index in [9.17, 15) is 13.2 Å². The van der Waals surface area contributed by atoms with E-state index >= 15 is 0 Å². The van der Waals surface area contributed by atoms with Crippen LogP contribution >= 0.6 is 0 Å². The SMILES string of the molecule is C=C(C(=O)OC(C)(C)C)[C@@H](NS(=O)(=O)c1ccc(C)cc1)c1ccc(C)cc1. The minimum atomic E-state index is -3.88. The lowest BCUT2D eigenvalue weighted by molar-refractivity contribution is -0.150. The number of carbonyl (C=O) groups is 1. The van der Waals surface area contributed by atoms with Crippen molar-refractivity contribution in [3.8, 4) is 0 Å². The zero-order valence-corrected chi connectivity index (χ0v) is 17.8. The summed E-state index contributed by atoms with van der Waals surface area (Å²) in [6.07, 6.45) is 0. The molecule has 1 atom stereocenters. The first-order valence-corrected chi connectivity index (χ1v) is 10.4. The van der Waals surface area contributed by atoms with Gasteiger partial charge in [0.1, 0.15) is 5.60 Å². The highest BCUT2D eigenvalue weighted by atomic mass is 32.2. The Bertz CT molecular complexity index is 953. The standard InChI is InChI=1S/C22H27NO4S/c1-15-7-11-18(12-8-15)20(17(3)21(24)27-22(4,5)6)23-28(25,26)19-13-9-16(2)10-14-19/h7-14,20,23H,3H2,1-2,4-6H3/t20-/m1/s1. The van der Waals surface area contributed by atoms with Crippen molar-refractivity contribution in [2.75, 3.05) is 0 Å². The van der Waals surface area contributed by atoms with Gasteiger partial charge in [0, 0.05) is 0 Å². The van der Waals surface area contributed by atoms with Crippen LogP contribution in [0.25, 0.3) is 0 Å². The third kappa shape index (κ3) is 5.78. The third-order valence-corrected chi connectivity index (χ3v) is 5.46. The summed E-state index contributed by atoms with van der Waals surface area (Å²) in [6.45, 7) is 12.9. The van der Waals surface area contributed by atoms with Gasteiger partial charge in [0.05, 0.1) is 16.5 Å². The van der Waals surface area contributed by atoms with Crippen molar-refractivity contribution >= 4 is 16.0 Å². The van der Waals surface area contributed by atoms with Gasteiger partial charge in [-0.15, -0.1) is 0 Å². The zero-order valence-electron chi connectivity index (χ0n) is 16.9. The van der Waals surface area contributed by atoms with Gasteiger partial charge in [0.15, 0.2) is 0 Å². The highest BCUT2D eigenvalue weighted by molar-refractivity contribution is 7.89. The van der Waals surface area contributed by atoms with E-state index in [0.717, 1.165) is 11.1 Å². The van der Waals surface area contributed by atoms with E-state index < -0.39 is 27.6 Å². The van der Waals surface area contributed by atoms with E-state index in [1.807, 2.05) is 26.0 Å². The minimum Gasteiger partial charge on any atom is -0.457 e. The number of hydrogen-bond acceptors (Lipinski definition) is 4. The van der Waals surface area contributed by atoms with Gasteiger partial charge < -0.3 is 4.74 Å². The maximum atomic E-state index is 12.9. The van der Waals surface area contributed by atoms with Crippen molar-refractivity contribution in [3.05, 3.63) is 77.4 Å². The molecule has 6 heteroatoms. The molecule has 0 heterocycles. The van der Waals surface area contributed by atoms with Crippen molar-refractivity contribution in [1.82, 2.24) is 4.72 Å².